The molecule has 0 radical (unpaired) electrons. The SMILES string of the molecule is CCn1c(-c2ccc(NC(=O)Nc3ccc(-c4c(C#N)c5ccc(OC)cc5n4CC)cc3)cc2)c(C#N)c2ccc(OC)cc21. The molecule has 228 valence electrons. The number of nitrogens with zero attached hydrogens (tertiary/aromatic N) is 4. The van der Waals surface area contributed by atoms with Crippen LogP contribution in [0, 0.1) is 22.7 Å². The number of nitriles is 2. The zero-order valence-electron chi connectivity index (χ0n) is 26.0. The second kappa shape index (κ2) is 12.4. The molecule has 6 aromatic rings. The van der Waals surface area contributed by atoms with Crippen molar-refractivity contribution < 1.29 is 14.3 Å². The van der Waals surface area contributed by atoms with Crippen LogP contribution in [0.1, 0.15) is 25.0 Å². The lowest BCUT2D eigenvalue weighted by Crippen LogP contribution is -2.19. The number of anilines is 2. The van der Waals surface area contributed by atoms with Gasteiger partial charge in [-0.3, -0.25) is 0 Å². The summed E-state index contributed by atoms with van der Waals surface area (Å²) in [5.74, 6) is 1.46. The fraction of sp³-hybridized carbons (Fsp3) is 0.162. The quantitative estimate of drug-likeness (QED) is 0.180. The average Bonchev–Trinajstić information content (AvgIpc) is 3.59. The van der Waals surface area contributed by atoms with Crippen LogP contribution in [0.25, 0.3) is 44.3 Å². The zero-order chi connectivity index (χ0) is 32.4. The highest BCUT2D eigenvalue weighted by Gasteiger charge is 2.20. The Labute approximate surface area is 266 Å². The van der Waals surface area contributed by atoms with Crippen LogP contribution in [0.4, 0.5) is 16.2 Å². The van der Waals surface area contributed by atoms with Crippen LogP contribution in [0.2, 0.25) is 0 Å². The first-order valence-electron chi connectivity index (χ1n) is 14.9. The van der Waals surface area contributed by atoms with Gasteiger partial charge in [-0.2, -0.15) is 10.5 Å². The standard InChI is InChI=1S/C37H32N6O3/c1-5-42-33-19-27(45-3)15-17-29(33)31(21-38)35(42)23-7-11-25(12-8-23)40-37(44)41-26-13-9-24(10-14-26)36-32(22-39)30-18-16-28(46-4)20-34(30)43(36)6-2/h7-20H,5-6H2,1-4H3,(H2,40,41,44). The molecule has 9 nitrogen and oxygen atoms in total. The van der Waals surface area contributed by atoms with E-state index in [2.05, 4.69) is 31.9 Å². The van der Waals surface area contributed by atoms with Crippen molar-refractivity contribution in [3.05, 3.63) is 96.1 Å². The Morgan fingerprint density at radius 1 is 0.652 bits per heavy atom. The number of carbonyl (C=O) groups is 1. The molecule has 0 saturated heterocycles. The molecule has 0 aliphatic rings. The molecule has 2 N–H and O–H groups in total. The minimum Gasteiger partial charge on any atom is -0.497 e. The van der Waals surface area contributed by atoms with Gasteiger partial charge in [0.15, 0.2) is 0 Å². The number of nitrogens with one attached hydrogen (secondary N) is 2. The molecule has 0 fully saturated rings. The molecule has 2 amide bonds. The first-order valence-corrected chi connectivity index (χ1v) is 14.9. The van der Waals surface area contributed by atoms with Crippen molar-refractivity contribution in [2.45, 2.75) is 26.9 Å². The molecule has 0 saturated carbocycles. The molecule has 6 rings (SSSR count). The van der Waals surface area contributed by atoms with Crippen molar-refractivity contribution in [1.29, 1.82) is 10.5 Å². The van der Waals surface area contributed by atoms with E-state index in [4.69, 9.17) is 9.47 Å². The number of rotatable bonds is 8. The number of aromatic nitrogens is 2. The molecular formula is C37H32N6O3. The Balaban J connectivity index is 1.21. The number of amides is 2. The van der Waals surface area contributed by atoms with Crippen LogP contribution in [0.5, 0.6) is 11.5 Å². The largest absolute Gasteiger partial charge is 0.497 e. The summed E-state index contributed by atoms with van der Waals surface area (Å²) >= 11 is 0. The minimum atomic E-state index is -0.388. The summed E-state index contributed by atoms with van der Waals surface area (Å²) in [4.78, 5) is 12.9. The summed E-state index contributed by atoms with van der Waals surface area (Å²) in [5.41, 5.74) is 7.67. The molecule has 9 heteroatoms. The number of hydrogen-bond acceptors (Lipinski definition) is 5. The normalized spacial score (nSPS) is 10.8. The van der Waals surface area contributed by atoms with E-state index in [1.807, 2.05) is 98.8 Å². The minimum absolute atomic E-state index is 0.388. The Morgan fingerprint density at radius 2 is 1.04 bits per heavy atom. The fourth-order valence-corrected chi connectivity index (χ4v) is 6.11. The van der Waals surface area contributed by atoms with Crippen LogP contribution >= 0.6 is 0 Å². The van der Waals surface area contributed by atoms with Gasteiger partial charge in [0.05, 0.1) is 47.8 Å². The van der Waals surface area contributed by atoms with E-state index >= 15 is 0 Å². The van der Waals surface area contributed by atoms with Crippen molar-refractivity contribution in [3.63, 3.8) is 0 Å². The van der Waals surface area contributed by atoms with Crippen LogP contribution in [0.15, 0.2) is 84.9 Å². The molecule has 2 heterocycles. The zero-order valence-corrected chi connectivity index (χ0v) is 26.0. The van der Waals surface area contributed by atoms with Crippen molar-refractivity contribution >= 4 is 39.2 Å². The van der Waals surface area contributed by atoms with E-state index in [1.165, 1.54) is 0 Å². The molecular weight excluding hydrogens is 576 g/mol. The summed E-state index contributed by atoms with van der Waals surface area (Å²) in [6, 6.07) is 30.7. The maximum atomic E-state index is 12.9. The molecule has 0 unspecified atom stereocenters. The fourth-order valence-electron chi connectivity index (χ4n) is 6.11. The highest BCUT2D eigenvalue weighted by atomic mass is 16.5. The maximum Gasteiger partial charge on any atom is 0.323 e. The molecule has 0 atom stereocenters. The van der Waals surface area contributed by atoms with Crippen LogP contribution < -0.4 is 20.1 Å². The summed E-state index contributed by atoms with van der Waals surface area (Å²) < 4.78 is 15.0. The average molecular weight is 609 g/mol. The summed E-state index contributed by atoms with van der Waals surface area (Å²) in [7, 11) is 3.25. The summed E-state index contributed by atoms with van der Waals surface area (Å²) in [5, 5.41) is 27.6. The van der Waals surface area contributed by atoms with E-state index in [0.29, 0.717) is 35.6 Å². The van der Waals surface area contributed by atoms with Gasteiger partial charge in [-0.25, -0.2) is 4.79 Å². The predicted molar refractivity (Wildman–Crippen MR) is 181 cm³/mol. The third kappa shape index (κ3) is 5.14. The number of carbonyl (C=O) groups excluding carboxylic acids is 1. The van der Waals surface area contributed by atoms with Crippen molar-refractivity contribution in [3.8, 4) is 46.2 Å². The van der Waals surface area contributed by atoms with E-state index in [-0.39, 0.29) is 6.03 Å². The Kier molecular flexibility index (Phi) is 8.07. The Morgan fingerprint density at radius 3 is 1.37 bits per heavy atom. The smallest absolute Gasteiger partial charge is 0.323 e. The molecule has 2 aromatic heterocycles. The van der Waals surface area contributed by atoms with Crippen LogP contribution in [-0.2, 0) is 13.1 Å². The first kappa shape index (κ1) is 29.9. The van der Waals surface area contributed by atoms with E-state index in [0.717, 1.165) is 55.8 Å². The predicted octanol–water partition coefficient (Wildman–Crippen LogP) is 8.37. The third-order valence-electron chi connectivity index (χ3n) is 8.23. The number of aryl methyl sites for hydroxylation is 2. The monoisotopic (exact) mass is 608 g/mol. The van der Waals surface area contributed by atoms with Crippen molar-refractivity contribution in [2.75, 3.05) is 24.9 Å². The van der Waals surface area contributed by atoms with Gasteiger partial charge in [-0.05, 0) is 73.5 Å². The number of fused-ring (bicyclic) bond motifs is 2. The number of methoxy groups -OCH3 is 2. The van der Waals surface area contributed by atoms with Gasteiger partial charge < -0.3 is 29.2 Å². The number of hydrogen-bond donors (Lipinski definition) is 2. The molecule has 4 aromatic carbocycles. The van der Waals surface area contributed by atoms with Gasteiger partial charge in [-0.1, -0.05) is 24.3 Å². The molecule has 46 heavy (non-hydrogen) atoms. The van der Waals surface area contributed by atoms with E-state index in [9.17, 15) is 15.3 Å². The number of urea groups is 1. The second-order valence-electron chi connectivity index (χ2n) is 10.7. The van der Waals surface area contributed by atoms with E-state index in [1.54, 1.807) is 14.2 Å². The summed E-state index contributed by atoms with van der Waals surface area (Å²) in [6.45, 7) is 5.43. The lowest BCUT2D eigenvalue weighted by Gasteiger charge is -2.12. The maximum absolute atomic E-state index is 12.9. The summed E-state index contributed by atoms with van der Waals surface area (Å²) in [6.07, 6.45) is 0. The molecule has 0 aliphatic heterocycles. The Hall–Kier alpha value is -6.19. The topological polar surface area (TPSA) is 117 Å². The third-order valence-corrected chi connectivity index (χ3v) is 8.23. The van der Waals surface area contributed by atoms with Gasteiger partial charge in [0, 0.05) is 47.4 Å². The molecule has 0 bridgehead atoms. The van der Waals surface area contributed by atoms with Crippen molar-refractivity contribution in [1.82, 2.24) is 9.13 Å². The lowest BCUT2D eigenvalue weighted by atomic mass is 10.1. The number of ether oxygens (including phenoxy) is 2. The van der Waals surface area contributed by atoms with Gasteiger partial charge in [0.25, 0.3) is 0 Å². The van der Waals surface area contributed by atoms with E-state index < -0.39 is 0 Å². The number of benzene rings is 4. The van der Waals surface area contributed by atoms with Gasteiger partial charge in [0.1, 0.15) is 23.6 Å². The van der Waals surface area contributed by atoms with Crippen molar-refractivity contribution in [2.24, 2.45) is 0 Å². The van der Waals surface area contributed by atoms with Gasteiger partial charge in [-0.15, -0.1) is 0 Å². The highest BCUT2D eigenvalue weighted by molar-refractivity contribution is 6.01. The molecule has 0 spiro atoms. The van der Waals surface area contributed by atoms with Gasteiger partial charge in [0.2, 0.25) is 0 Å². The lowest BCUT2D eigenvalue weighted by molar-refractivity contribution is 0.262. The highest BCUT2D eigenvalue weighted by Crippen LogP contribution is 2.37. The van der Waals surface area contributed by atoms with Gasteiger partial charge >= 0.3 is 6.03 Å². The Bertz CT molecular complexity index is 2020. The van der Waals surface area contributed by atoms with Crippen LogP contribution in [0.3, 0.4) is 0 Å². The van der Waals surface area contributed by atoms with Crippen LogP contribution in [-0.4, -0.2) is 29.4 Å². The molecule has 0 aliphatic carbocycles. The first-order chi connectivity index (χ1) is 22.4. The second-order valence-corrected chi connectivity index (χ2v) is 10.7.